The molecule has 0 radical (unpaired) electrons. The number of amides is 2. The lowest BCUT2D eigenvalue weighted by Gasteiger charge is -2.31. The summed E-state index contributed by atoms with van der Waals surface area (Å²) in [7, 11) is 0. The van der Waals surface area contributed by atoms with E-state index in [1.807, 2.05) is 6.92 Å². The van der Waals surface area contributed by atoms with Gasteiger partial charge < -0.3 is 10.2 Å². The smallest absolute Gasteiger partial charge is 0.416 e. The Bertz CT molecular complexity index is 1440. The second kappa shape index (κ2) is 9.53. The van der Waals surface area contributed by atoms with Crippen LogP contribution in [0.5, 0.6) is 5.75 Å². The van der Waals surface area contributed by atoms with E-state index >= 15 is 0 Å². The van der Waals surface area contributed by atoms with E-state index in [0.717, 1.165) is 29.0 Å². The van der Waals surface area contributed by atoms with E-state index in [2.05, 4.69) is 5.32 Å². The number of phenolic OH excluding ortho intramolecular Hbond substituents is 1. The van der Waals surface area contributed by atoms with Gasteiger partial charge in [0.1, 0.15) is 11.3 Å². The molecule has 39 heavy (non-hydrogen) atoms. The maximum Gasteiger partial charge on any atom is 0.416 e. The molecule has 2 aliphatic heterocycles. The van der Waals surface area contributed by atoms with E-state index in [1.165, 1.54) is 36.4 Å². The maximum atomic E-state index is 13.9. The molecule has 7 nitrogen and oxygen atoms in total. The third-order valence-corrected chi connectivity index (χ3v) is 7.63. The molecule has 2 fully saturated rings. The first-order chi connectivity index (χ1) is 18.5. The molecule has 2 saturated heterocycles. The number of phenols is 1. The van der Waals surface area contributed by atoms with Crippen molar-refractivity contribution >= 4 is 23.5 Å². The molecule has 202 valence electrons. The van der Waals surface area contributed by atoms with Gasteiger partial charge in [0.25, 0.3) is 0 Å². The lowest BCUT2D eigenvalue weighted by atomic mass is 9.76. The van der Waals surface area contributed by atoms with Crippen LogP contribution in [0.25, 0.3) is 0 Å². The van der Waals surface area contributed by atoms with Crippen LogP contribution in [0.2, 0.25) is 0 Å². The quantitative estimate of drug-likeness (QED) is 0.400. The van der Waals surface area contributed by atoms with Gasteiger partial charge in [0.05, 0.1) is 23.1 Å². The number of nitrogens with zero attached hydrogens (tertiary/aromatic N) is 1. The van der Waals surface area contributed by atoms with Crippen LogP contribution < -0.4 is 10.2 Å². The van der Waals surface area contributed by atoms with Gasteiger partial charge in [-0.15, -0.1) is 0 Å². The Morgan fingerprint density at radius 3 is 2.21 bits per heavy atom. The summed E-state index contributed by atoms with van der Waals surface area (Å²) in [4.78, 5) is 41.6. The average molecular weight is 539 g/mol. The largest absolute Gasteiger partial charge is 0.508 e. The fourth-order valence-electron chi connectivity index (χ4n) is 5.70. The second-order valence-electron chi connectivity index (χ2n) is 9.90. The minimum atomic E-state index is -4.66. The number of rotatable bonds is 6. The molecule has 2 heterocycles. The van der Waals surface area contributed by atoms with Crippen LogP contribution in [-0.2, 0) is 33.4 Å². The molecule has 10 heteroatoms. The summed E-state index contributed by atoms with van der Waals surface area (Å²) < 4.78 is 40.6. The molecular weight excluding hydrogens is 513 g/mol. The standard InChI is InChI=1S/C29H25F3N2O5/c1-2-16-6-10-20(11-7-16)34-25(36)22-23(26(34)37)28(27(38)39,15-17-8-12-21(35)13-9-17)33-24(22)18-4-3-5-19(14-18)29(30,31)32/h3-14,22-24,33,35H,2,15H2,1H3,(H,38,39). The molecule has 3 N–H and O–H groups in total. The molecule has 5 rings (SSSR count). The van der Waals surface area contributed by atoms with Crippen molar-refractivity contribution in [2.75, 3.05) is 4.90 Å². The Kier molecular flexibility index (Phi) is 6.46. The van der Waals surface area contributed by atoms with Crippen molar-refractivity contribution in [3.63, 3.8) is 0 Å². The van der Waals surface area contributed by atoms with E-state index in [-0.39, 0.29) is 23.4 Å². The third-order valence-electron chi connectivity index (χ3n) is 7.63. The van der Waals surface area contributed by atoms with Crippen molar-refractivity contribution in [3.8, 4) is 5.75 Å². The van der Waals surface area contributed by atoms with E-state index in [0.29, 0.717) is 5.56 Å². The number of imide groups is 1. The van der Waals surface area contributed by atoms with E-state index < -0.39 is 52.9 Å². The number of hydrogen-bond donors (Lipinski definition) is 3. The number of aryl methyl sites for hydroxylation is 1. The topological polar surface area (TPSA) is 107 Å². The number of halogens is 3. The van der Waals surface area contributed by atoms with Gasteiger partial charge in [-0.2, -0.15) is 13.2 Å². The molecule has 0 bridgehead atoms. The maximum absolute atomic E-state index is 13.9. The first kappa shape index (κ1) is 26.4. The zero-order valence-corrected chi connectivity index (χ0v) is 20.8. The highest BCUT2D eigenvalue weighted by Crippen LogP contribution is 2.51. The van der Waals surface area contributed by atoms with Gasteiger partial charge in [0, 0.05) is 12.5 Å². The van der Waals surface area contributed by atoms with Gasteiger partial charge in [0.15, 0.2) is 0 Å². The number of hydrogen-bond acceptors (Lipinski definition) is 5. The molecule has 4 atom stereocenters. The SMILES string of the molecule is CCc1ccc(N2C(=O)C3C(c4cccc(C(F)(F)F)c4)NC(Cc4ccc(O)cc4)(C(=O)O)C3C2=O)cc1. The van der Waals surface area contributed by atoms with E-state index in [1.54, 1.807) is 24.3 Å². The highest BCUT2D eigenvalue weighted by molar-refractivity contribution is 6.24. The molecule has 2 aliphatic rings. The summed E-state index contributed by atoms with van der Waals surface area (Å²) in [6, 6.07) is 15.6. The van der Waals surface area contributed by atoms with Gasteiger partial charge in [-0.1, -0.05) is 43.3 Å². The number of fused-ring (bicyclic) bond motifs is 1. The number of benzene rings is 3. The molecular formula is C29H25F3N2O5. The Morgan fingerprint density at radius 1 is 0.974 bits per heavy atom. The first-order valence-corrected chi connectivity index (χ1v) is 12.4. The predicted octanol–water partition coefficient (Wildman–Crippen LogP) is 4.49. The third kappa shape index (κ3) is 4.44. The normalized spacial score (nSPS) is 24.7. The summed E-state index contributed by atoms with van der Waals surface area (Å²) in [5, 5.41) is 23.1. The summed E-state index contributed by atoms with van der Waals surface area (Å²) >= 11 is 0. The van der Waals surface area contributed by atoms with Crippen LogP contribution in [-0.4, -0.2) is 33.5 Å². The van der Waals surface area contributed by atoms with Crippen molar-refractivity contribution < 1.29 is 37.8 Å². The number of carboxylic acid groups (broad SMARTS) is 1. The van der Waals surface area contributed by atoms with Crippen LogP contribution in [0.15, 0.2) is 72.8 Å². The van der Waals surface area contributed by atoms with E-state index in [4.69, 9.17) is 0 Å². The van der Waals surface area contributed by atoms with Crippen LogP contribution >= 0.6 is 0 Å². The Hall–Kier alpha value is -4.18. The molecule has 0 spiro atoms. The zero-order chi connectivity index (χ0) is 28.1. The predicted molar refractivity (Wildman–Crippen MR) is 135 cm³/mol. The molecule has 0 saturated carbocycles. The monoisotopic (exact) mass is 538 g/mol. The molecule has 3 aromatic rings. The summed E-state index contributed by atoms with van der Waals surface area (Å²) in [6.07, 6.45) is -4.18. The number of aromatic hydroxyl groups is 1. The van der Waals surface area contributed by atoms with Crippen molar-refractivity contribution in [3.05, 3.63) is 95.1 Å². The molecule has 0 aromatic heterocycles. The van der Waals surface area contributed by atoms with Gasteiger partial charge in [0.2, 0.25) is 11.8 Å². The number of anilines is 1. The fourth-order valence-corrected chi connectivity index (χ4v) is 5.70. The van der Waals surface area contributed by atoms with Gasteiger partial charge in [-0.05, 0) is 59.5 Å². The van der Waals surface area contributed by atoms with Crippen molar-refractivity contribution in [1.29, 1.82) is 0 Å². The molecule has 4 unspecified atom stereocenters. The van der Waals surface area contributed by atoms with Gasteiger partial charge in [-0.25, -0.2) is 4.90 Å². The number of nitrogens with one attached hydrogen (secondary N) is 1. The van der Waals surface area contributed by atoms with Crippen LogP contribution in [0.4, 0.5) is 18.9 Å². The van der Waals surface area contributed by atoms with E-state index in [9.17, 15) is 37.8 Å². The summed E-state index contributed by atoms with van der Waals surface area (Å²) in [5.74, 6) is -5.54. The number of carbonyl (C=O) groups excluding carboxylic acids is 2. The van der Waals surface area contributed by atoms with Gasteiger partial charge >= 0.3 is 12.1 Å². The molecule has 2 amide bonds. The molecule has 3 aromatic carbocycles. The average Bonchev–Trinajstić information content (AvgIpc) is 3.39. The highest BCUT2D eigenvalue weighted by atomic mass is 19.4. The number of alkyl halides is 3. The van der Waals surface area contributed by atoms with Gasteiger partial charge in [-0.3, -0.25) is 19.7 Å². The van der Waals surface area contributed by atoms with Crippen LogP contribution in [0.3, 0.4) is 0 Å². The number of carboxylic acids is 1. The molecule has 0 aliphatic carbocycles. The van der Waals surface area contributed by atoms with Crippen LogP contribution in [0.1, 0.15) is 35.2 Å². The minimum Gasteiger partial charge on any atom is -0.508 e. The number of aliphatic carboxylic acids is 1. The van der Waals surface area contributed by atoms with Crippen molar-refractivity contribution in [1.82, 2.24) is 5.32 Å². The fraction of sp³-hybridized carbons (Fsp3) is 0.276. The Morgan fingerprint density at radius 2 is 1.62 bits per heavy atom. The highest BCUT2D eigenvalue weighted by Gasteiger charge is 2.68. The van der Waals surface area contributed by atoms with Crippen molar-refractivity contribution in [2.24, 2.45) is 11.8 Å². The Labute approximate surface area is 221 Å². The first-order valence-electron chi connectivity index (χ1n) is 12.4. The minimum absolute atomic E-state index is 0.0453. The van der Waals surface area contributed by atoms with Crippen molar-refractivity contribution in [2.45, 2.75) is 37.5 Å². The summed E-state index contributed by atoms with van der Waals surface area (Å²) in [5.41, 5.74) is -1.22. The summed E-state index contributed by atoms with van der Waals surface area (Å²) in [6.45, 7) is 1.95. The second-order valence-corrected chi connectivity index (χ2v) is 9.90. The lowest BCUT2D eigenvalue weighted by molar-refractivity contribution is -0.148. The zero-order valence-electron chi connectivity index (χ0n) is 20.8. The van der Waals surface area contributed by atoms with Crippen LogP contribution in [0, 0.1) is 11.8 Å². The lowest BCUT2D eigenvalue weighted by Crippen LogP contribution is -2.57. The Balaban J connectivity index is 1.65. The number of carbonyl (C=O) groups is 3.